The van der Waals surface area contributed by atoms with E-state index < -0.39 is 0 Å². The van der Waals surface area contributed by atoms with Crippen LogP contribution in [0.15, 0.2) is 0 Å². The van der Waals surface area contributed by atoms with E-state index in [0.29, 0.717) is 12.1 Å². The molecule has 0 radical (unpaired) electrons. The first-order chi connectivity index (χ1) is 7.00. The molecule has 2 atom stereocenters. The van der Waals surface area contributed by atoms with Gasteiger partial charge in [0.05, 0.1) is 6.10 Å². The molecule has 1 aliphatic rings. The fourth-order valence-corrected chi connectivity index (χ4v) is 2.59. The molecule has 0 aromatic heterocycles. The van der Waals surface area contributed by atoms with Gasteiger partial charge in [0, 0.05) is 13.2 Å². The van der Waals surface area contributed by atoms with Crippen molar-refractivity contribution in [2.24, 2.45) is 11.3 Å². The summed E-state index contributed by atoms with van der Waals surface area (Å²) in [6, 6.07) is 0.536. The lowest BCUT2D eigenvalue weighted by atomic mass is 9.72. The van der Waals surface area contributed by atoms with Gasteiger partial charge in [-0.15, -0.1) is 0 Å². The highest BCUT2D eigenvalue weighted by atomic mass is 16.5. The molecule has 0 saturated heterocycles. The van der Waals surface area contributed by atoms with Crippen molar-refractivity contribution in [1.29, 1.82) is 0 Å². The van der Waals surface area contributed by atoms with Gasteiger partial charge in [0.2, 0.25) is 0 Å². The minimum Gasteiger partial charge on any atom is -0.379 e. The predicted octanol–water partition coefficient (Wildman–Crippen LogP) is 2.83. The van der Waals surface area contributed by atoms with Gasteiger partial charge in [-0.2, -0.15) is 0 Å². The van der Waals surface area contributed by atoms with E-state index in [1.54, 1.807) is 0 Å². The van der Waals surface area contributed by atoms with Crippen molar-refractivity contribution < 1.29 is 4.74 Å². The second-order valence-electron chi connectivity index (χ2n) is 5.80. The fourth-order valence-electron chi connectivity index (χ4n) is 2.59. The topological polar surface area (TPSA) is 21.3 Å². The van der Waals surface area contributed by atoms with Crippen LogP contribution in [0.3, 0.4) is 0 Å². The summed E-state index contributed by atoms with van der Waals surface area (Å²) in [5.74, 6) is 0.828. The van der Waals surface area contributed by atoms with Crippen molar-refractivity contribution in [3.8, 4) is 0 Å². The van der Waals surface area contributed by atoms with E-state index in [4.69, 9.17) is 4.74 Å². The molecule has 2 heteroatoms. The summed E-state index contributed by atoms with van der Waals surface area (Å²) in [6.45, 7) is 10.0. The van der Waals surface area contributed by atoms with Crippen LogP contribution in [0.4, 0.5) is 0 Å². The molecule has 0 aromatic rings. The van der Waals surface area contributed by atoms with Crippen LogP contribution in [0.25, 0.3) is 0 Å². The third kappa shape index (κ3) is 3.18. The van der Waals surface area contributed by atoms with Gasteiger partial charge >= 0.3 is 0 Å². The van der Waals surface area contributed by atoms with Crippen LogP contribution in [0.5, 0.6) is 0 Å². The van der Waals surface area contributed by atoms with E-state index in [2.05, 4.69) is 33.0 Å². The van der Waals surface area contributed by atoms with Crippen LogP contribution >= 0.6 is 0 Å². The van der Waals surface area contributed by atoms with Crippen LogP contribution in [-0.4, -0.2) is 25.8 Å². The minimum absolute atomic E-state index is 0.219. The maximum atomic E-state index is 5.72. The second kappa shape index (κ2) is 5.31. The summed E-state index contributed by atoms with van der Waals surface area (Å²) in [7, 11) is 1.85. The zero-order chi connectivity index (χ0) is 11.5. The monoisotopic (exact) mass is 213 g/mol. The number of methoxy groups -OCH3 is 1. The highest BCUT2D eigenvalue weighted by Crippen LogP contribution is 2.36. The highest BCUT2D eigenvalue weighted by molar-refractivity contribution is 4.93. The van der Waals surface area contributed by atoms with Gasteiger partial charge in [-0.1, -0.05) is 34.1 Å². The summed E-state index contributed by atoms with van der Waals surface area (Å²) in [5.41, 5.74) is 0.219. The Morgan fingerprint density at radius 3 is 2.20 bits per heavy atom. The lowest BCUT2D eigenvalue weighted by molar-refractivity contribution is -0.0366. The maximum absolute atomic E-state index is 5.72. The predicted molar refractivity (Wildman–Crippen MR) is 65.1 cm³/mol. The van der Waals surface area contributed by atoms with E-state index in [-0.39, 0.29) is 5.41 Å². The Bertz CT molecular complexity index is 181. The lowest BCUT2D eigenvalue weighted by Crippen LogP contribution is -2.53. The zero-order valence-corrected chi connectivity index (χ0v) is 11.0. The SMILES string of the molecule is CCNC(C1CCC1)C(OC)C(C)(C)C. The van der Waals surface area contributed by atoms with Crippen molar-refractivity contribution in [3.05, 3.63) is 0 Å². The minimum atomic E-state index is 0.219. The molecule has 1 N–H and O–H groups in total. The van der Waals surface area contributed by atoms with E-state index in [9.17, 15) is 0 Å². The van der Waals surface area contributed by atoms with Crippen molar-refractivity contribution >= 4 is 0 Å². The molecule has 2 nitrogen and oxygen atoms in total. The summed E-state index contributed by atoms with van der Waals surface area (Å²) in [6.07, 6.45) is 4.46. The first-order valence-electron chi connectivity index (χ1n) is 6.27. The quantitative estimate of drug-likeness (QED) is 0.758. The Labute approximate surface area is 94.8 Å². The number of hydrogen-bond acceptors (Lipinski definition) is 2. The molecule has 0 aliphatic heterocycles. The number of hydrogen-bond donors (Lipinski definition) is 1. The van der Waals surface area contributed by atoms with Gasteiger partial charge in [-0.05, 0) is 30.7 Å². The van der Waals surface area contributed by atoms with Crippen LogP contribution in [0, 0.1) is 11.3 Å². The average Bonchev–Trinajstić information content (AvgIpc) is 1.99. The van der Waals surface area contributed by atoms with E-state index in [0.717, 1.165) is 12.5 Å². The van der Waals surface area contributed by atoms with Gasteiger partial charge in [0.25, 0.3) is 0 Å². The Hall–Kier alpha value is -0.0800. The first kappa shape index (κ1) is 13.0. The molecule has 15 heavy (non-hydrogen) atoms. The molecule has 0 spiro atoms. The molecule has 1 saturated carbocycles. The number of likely N-dealkylation sites (N-methyl/N-ethyl adjacent to an activating group) is 1. The van der Waals surface area contributed by atoms with Gasteiger partial charge in [-0.25, -0.2) is 0 Å². The Kier molecular flexibility index (Phi) is 4.60. The van der Waals surface area contributed by atoms with E-state index in [1.807, 2.05) is 7.11 Å². The van der Waals surface area contributed by atoms with E-state index in [1.165, 1.54) is 19.3 Å². The largest absolute Gasteiger partial charge is 0.379 e. The summed E-state index contributed by atoms with van der Waals surface area (Å²) in [5, 5.41) is 3.62. The van der Waals surface area contributed by atoms with Crippen LogP contribution < -0.4 is 5.32 Å². The van der Waals surface area contributed by atoms with Gasteiger partial charge < -0.3 is 10.1 Å². The maximum Gasteiger partial charge on any atom is 0.0775 e. The Morgan fingerprint density at radius 2 is 1.93 bits per heavy atom. The third-order valence-electron chi connectivity index (χ3n) is 3.53. The highest BCUT2D eigenvalue weighted by Gasteiger charge is 2.38. The van der Waals surface area contributed by atoms with Crippen LogP contribution in [-0.2, 0) is 4.74 Å². The Morgan fingerprint density at radius 1 is 1.33 bits per heavy atom. The molecule has 1 fully saturated rings. The third-order valence-corrected chi connectivity index (χ3v) is 3.53. The Balaban J connectivity index is 2.66. The lowest BCUT2D eigenvalue weighted by Gasteiger charge is -2.43. The van der Waals surface area contributed by atoms with Crippen molar-refractivity contribution in [2.75, 3.05) is 13.7 Å². The molecular weight excluding hydrogens is 186 g/mol. The average molecular weight is 213 g/mol. The van der Waals surface area contributed by atoms with Gasteiger partial charge in [0.15, 0.2) is 0 Å². The second-order valence-corrected chi connectivity index (χ2v) is 5.80. The van der Waals surface area contributed by atoms with Crippen LogP contribution in [0.1, 0.15) is 47.0 Å². The smallest absolute Gasteiger partial charge is 0.0775 e. The van der Waals surface area contributed by atoms with Crippen molar-refractivity contribution in [3.63, 3.8) is 0 Å². The molecule has 2 unspecified atom stereocenters. The number of nitrogens with one attached hydrogen (secondary N) is 1. The van der Waals surface area contributed by atoms with Gasteiger partial charge in [-0.3, -0.25) is 0 Å². The zero-order valence-electron chi connectivity index (χ0n) is 11.0. The van der Waals surface area contributed by atoms with Crippen LogP contribution in [0.2, 0.25) is 0 Å². The normalized spacial score (nSPS) is 22.2. The molecule has 0 heterocycles. The number of ether oxygens (including phenoxy) is 1. The summed E-state index contributed by atoms with van der Waals surface area (Å²) in [4.78, 5) is 0. The summed E-state index contributed by atoms with van der Waals surface area (Å²) >= 11 is 0. The fraction of sp³-hybridized carbons (Fsp3) is 1.00. The molecular formula is C13H27NO. The van der Waals surface area contributed by atoms with Crippen molar-refractivity contribution in [2.45, 2.75) is 59.1 Å². The molecule has 1 aliphatic carbocycles. The molecule has 90 valence electrons. The first-order valence-corrected chi connectivity index (χ1v) is 6.27. The van der Waals surface area contributed by atoms with Crippen molar-refractivity contribution in [1.82, 2.24) is 5.32 Å². The molecule has 0 bridgehead atoms. The number of rotatable bonds is 5. The van der Waals surface area contributed by atoms with Gasteiger partial charge in [0.1, 0.15) is 0 Å². The summed E-state index contributed by atoms with van der Waals surface area (Å²) < 4.78 is 5.72. The standard InChI is InChI=1S/C13H27NO/c1-6-14-11(10-8-7-9-10)12(15-5)13(2,3)4/h10-12,14H,6-9H2,1-5H3. The molecule has 0 amide bonds. The molecule has 0 aromatic carbocycles. The molecule has 1 rings (SSSR count). The van der Waals surface area contributed by atoms with E-state index >= 15 is 0 Å².